The van der Waals surface area contributed by atoms with Crippen molar-refractivity contribution in [3.63, 3.8) is 0 Å². The number of hydrogen-bond donors (Lipinski definition) is 0. The molecule has 5 aliphatic carbocycles. The van der Waals surface area contributed by atoms with Gasteiger partial charge in [-0.1, -0.05) is 240 Å². The van der Waals surface area contributed by atoms with Gasteiger partial charge in [0.25, 0.3) is 0 Å². The second-order valence-electron chi connectivity index (χ2n) is 7.07. The molecule has 0 atom stereocenters. The molecule has 0 aromatic rings. The molecule has 5 rings (SSSR count). The third kappa shape index (κ3) is 87.0. The van der Waals surface area contributed by atoms with Crippen LogP contribution in [0.3, 0.4) is 0 Å². The van der Waals surface area contributed by atoms with Crippen molar-refractivity contribution in [3.8, 4) is 0 Å². The van der Waals surface area contributed by atoms with E-state index >= 15 is 0 Å². The molecule has 0 heteroatoms. The van der Waals surface area contributed by atoms with E-state index in [0.717, 1.165) is 0 Å². The zero-order valence-electron chi connectivity index (χ0n) is 14.1. The second-order valence-corrected chi connectivity index (χ2v) is 7.07. The SMILES string of the molecule is C.C.C.C.C.C.C.C.C.C.C.C.C.C.C.C1CCC1.C1CCC1.C1CCC1.C1CCC1.C1CCC1. The van der Waals surface area contributed by atoms with Crippen LogP contribution in [-0.2, 0) is 0 Å². The van der Waals surface area contributed by atoms with E-state index in [2.05, 4.69) is 0 Å². The first kappa shape index (κ1) is 101. The zero-order valence-corrected chi connectivity index (χ0v) is 14.1. The van der Waals surface area contributed by atoms with Gasteiger partial charge in [0.1, 0.15) is 0 Å². The minimum absolute atomic E-state index is 0. The standard InChI is InChI=1S/5C4H8.15CH4/c5*1-2-4-3-1;;;;;;;;;;;;;;;/h5*1-4H2;15*1H4. The molecule has 0 saturated heterocycles. The normalized spacial score (nSPS) is 13.7. The largest absolute Gasteiger partial charge is 0.0776 e. The molecular weight excluding hydrogens is 420 g/mol. The number of rotatable bonds is 0. The van der Waals surface area contributed by atoms with Gasteiger partial charge >= 0.3 is 0 Å². The van der Waals surface area contributed by atoms with Gasteiger partial charge in [0.2, 0.25) is 0 Å². The summed E-state index contributed by atoms with van der Waals surface area (Å²) in [6.45, 7) is 0. The molecule has 0 bridgehead atoms. The van der Waals surface area contributed by atoms with E-state index in [4.69, 9.17) is 0 Å². The number of hydrogen-bond acceptors (Lipinski definition) is 0. The first-order chi connectivity index (χ1) is 10.0. The fourth-order valence-electron chi connectivity index (χ4n) is 1.25. The predicted molar refractivity (Wildman–Crippen MR) is 193 cm³/mol. The van der Waals surface area contributed by atoms with Crippen LogP contribution in [-0.4, -0.2) is 0 Å². The summed E-state index contributed by atoms with van der Waals surface area (Å²) in [5.41, 5.74) is 0. The van der Waals surface area contributed by atoms with Crippen LogP contribution in [0.25, 0.3) is 0 Å². The Labute approximate surface area is 239 Å². The zero-order chi connectivity index (χ0) is 14.1. The van der Waals surface area contributed by atoms with Crippen molar-refractivity contribution >= 4 is 0 Å². The van der Waals surface area contributed by atoms with Gasteiger partial charge in [0.05, 0.1) is 0 Å². The summed E-state index contributed by atoms with van der Waals surface area (Å²) in [5.74, 6) is 0. The van der Waals surface area contributed by atoms with E-state index in [1.54, 1.807) is 0 Å². The van der Waals surface area contributed by atoms with Gasteiger partial charge < -0.3 is 0 Å². The minimum atomic E-state index is 0. The molecule has 0 aliphatic heterocycles. The lowest BCUT2D eigenvalue weighted by Gasteiger charge is -2.05. The van der Waals surface area contributed by atoms with Crippen molar-refractivity contribution in [2.24, 2.45) is 0 Å². The smallest absolute Gasteiger partial charge is 0.0533 e. The average Bonchev–Trinajstić information content (AvgIpc) is 1.79. The summed E-state index contributed by atoms with van der Waals surface area (Å²) in [7, 11) is 0. The molecule has 0 amide bonds. The van der Waals surface area contributed by atoms with E-state index in [9.17, 15) is 0 Å². The van der Waals surface area contributed by atoms with Gasteiger partial charge in [-0.2, -0.15) is 0 Å². The first-order valence-corrected chi connectivity index (χ1v) is 10.00. The van der Waals surface area contributed by atoms with Crippen LogP contribution in [0.15, 0.2) is 0 Å². The molecule has 5 fully saturated rings. The topological polar surface area (TPSA) is 0 Å². The lowest BCUT2D eigenvalue weighted by Crippen LogP contribution is -1.85. The minimum Gasteiger partial charge on any atom is -0.0776 e. The Hall–Kier alpha value is 0. The quantitative estimate of drug-likeness (QED) is 0.298. The van der Waals surface area contributed by atoms with E-state index < -0.39 is 0 Å². The third-order valence-electron chi connectivity index (χ3n) is 5.00. The second kappa shape index (κ2) is 92.6. The van der Waals surface area contributed by atoms with Crippen molar-refractivity contribution in [2.75, 3.05) is 0 Å². The van der Waals surface area contributed by atoms with Crippen LogP contribution in [0.2, 0.25) is 0 Å². The van der Waals surface area contributed by atoms with Gasteiger partial charge in [-0.05, 0) is 0 Å². The van der Waals surface area contributed by atoms with Crippen LogP contribution in [0, 0.1) is 0 Å². The summed E-state index contributed by atoms with van der Waals surface area (Å²) in [5, 5.41) is 0. The van der Waals surface area contributed by atoms with E-state index in [1.165, 1.54) is 128 Å². The molecule has 5 saturated carbocycles. The van der Waals surface area contributed by atoms with Gasteiger partial charge in [-0.25, -0.2) is 0 Å². The summed E-state index contributed by atoms with van der Waals surface area (Å²) in [6.07, 6.45) is 30.0. The highest BCUT2D eigenvalue weighted by Crippen LogP contribution is 2.16. The van der Waals surface area contributed by atoms with E-state index in [-0.39, 0.29) is 111 Å². The van der Waals surface area contributed by atoms with E-state index in [0.29, 0.717) is 0 Å². The van der Waals surface area contributed by atoms with Crippen LogP contribution in [0.1, 0.15) is 240 Å². The van der Waals surface area contributed by atoms with Gasteiger partial charge in [-0.15, -0.1) is 0 Å². The Morgan fingerprint density at radius 2 is 0.114 bits per heavy atom. The molecule has 0 nitrogen and oxygen atoms in total. The molecule has 0 N–H and O–H groups in total. The summed E-state index contributed by atoms with van der Waals surface area (Å²) in [6, 6.07) is 0. The van der Waals surface area contributed by atoms with Crippen molar-refractivity contribution in [1.82, 2.24) is 0 Å². The molecule has 0 heterocycles. The molecule has 35 heavy (non-hydrogen) atoms. The van der Waals surface area contributed by atoms with Gasteiger partial charge in [-0.3, -0.25) is 0 Å². The predicted octanol–water partition coefficient (Wildman–Crippen LogP) is 17.3. The maximum atomic E-state index is 1.50. The van der Waals surface area contributed by atoms with Gasteiger partial charge in [0.15, 0.2) is 0 Å². The molecule has 0 aromatic heterocycles. The summed E-state index contributed by atoms with van der Waals surface area (Å²) in [4.78, 5) is 0. The van der Waals surface area contributed by atoms with Crippen LogP contribution < -0.4 is 0 Å². The maximum absolute atomic E-state index is 1.50. The third-order valence-corrected chi connectivity index (χ3v) is 5.00. The molecule has 240 valence electrons. The first-order valence-electron chi connectivity index (χ1n) is 10.00. The van der Waals surface area contributed by atoms with Crippen molar-refractivity contribution in [1.29, 1.82) is 0 Å². The van der Waals surface area contributed by atoms with Crippen LogP contribution in [0.5, 0.6) is 0 Å². The molecule has 0 aromatic carbocycles. The molecule has 0 spiro atoms. The monoisotopic (exact) mass is 521 g/mol. The fourth-order valence-corrected chi connectivity index (χ4v) is 1.25. The summed E-state index contributed by atoms with van der Waals surface area (Å²) < 4.78 is 0. The van der Waals surface area contributed by atoms with Crippen molar-refractivity contribution < 1.29 is 0 Å². The Morgan fingerprint density at radius 1 is 0.0857 bits per heavy atom. The lowest BCUT2D eigenvalue weighted by atomic mass is 10.0. The Kier molecular flexibility index (Phi) is 268. The molecule has 0 radical (unpaired) electrons. The molecule has 0 unspecified atom stereocenters. The van der Waals surface area contributed by atoms with E-state index in [1.807, 2.05) is 0 Å². The Morgan fingerprint density at radius 3 is 0.114 bits per heavy atom. The highest BCUT2D eigenvalue weighted by Gasteiger charge is 1.96. The summed E-state index contributed by atoms with van der Waals surface area (Å²) >= 11 is 0. The molecular formula is C35H100. The van der Waals surface area contributed by atoms with Crippen LogP contribution in [0.4, 0.5) is 0 Å². The Bertz CT molecular complexity index is 86.4. The average molecular weight is 521 g/mol. The highest BCUT2D eigenvalue weighted by atomic mass is 14.0. The molecule has 5 aliphatic rings. The Balaban J connectivity index is -0.00000000993. The lowest BCUT2D eigenvalue weighted by molar-refractivity contribution is 0.504. The van der Waals surface area contributed by atoms with Crippen molar-refractivity contribution in [2.45, 2.75) is 240 Å². The highest BCUT2D eigenvalue weighted by molar-refractivity contribution is 4.52. The van der Waals surface area contributed by atoms with Gasteiger partial charge in [0, 0.05) is 0 Å². The maximum Gasteiger partial charge on any atom is -0.0533 e. The van der Waals surface area contributed by atoms with Crippen LogP contribution >= 0.6 is 0 Å². The fraction of sp³-hybridized carbons (Fsp3) is 1.00. The van der Waals surface area contributed by atoms with Crippen molar-refractivity contribution in [3.05, 3.63) is 0 Å².